The lowest BCUT2D eigenvalue weighted by Gasteiger charge is -2.34. The first-order chi connectivity index (χ1) is 9.86. The van der Waals surface area contributed by atoms with Crippen LogP contribution in [0, 0.1) is 0 Å². The minimum absolute atomic E-state index is 0.00439. The fraction of sp³-hybridized carbons (Fsp3) is 0.846. The van der Waals surface area contributed by atoms with E-state index in [9.17, 15) is 18.0 Å². The standard InChI is InChI=1S/C13H22N2O5S/c1-20-11(16)10-13(4-2-3-5-13)14-12(17)15-6-8-21(18,19)9-7-15/h2-10H2,1H3,(H,14,17). The van der Waals surface area contributed by atoms with Gasteiger partial charge in [0, 0.05) is 13.1 Å². The van der Waals surface area contributed by atoms with Crippen LogP contribution in [0.2, 0.25) is 0 Å². The van der Waals surface area contributed by atoms with Crippen molar-refractivity contribution in [3.8, 4) is 0 Å². The lowest BCUT2D eigenvalue weighted by Crippen LogP contribution is -2.55. The summed E-state index contributed by atoms with van der Waals surface area (Å²) in [5.74, 6) is -0.326. The fourth-order valence-electron chi connectivity index (χ4n) is 2.97. The van der Waals surface area contributed by atoms with Crippen molar-refractivity contribution >= 4 is 21.8 Å². The predicted octanol–water partition coefficient (Wildman–Crippen LogP) is 0.302. The van der Waals surface area contributed by atoms with Crippen LogP contribution in [-0.4, -0.2) is 62.6 Å². The highest BCUT2D eigenvalue weighted by Crippen LogP contribution is 2.33. The van der Waals surface area contributed by atoms with E-state index in [1.54, 1.807) is 0 Å². The molecule has 2 fully saturated rings. The molecule has 8 heteroatoms. The second kappa shape index (κ2) is 6.21. The summed E-state index contributed by atoms with van der Waals surface area (Å²) >= 11 is 0. The molecule has 1 saturated carbocycles. The third-order valence-electron chi connectivity index (χ3n) is 4.27. The van der Waals surface area contributed by atoms with Gasteiger partial charge < -0.3 is 15.0 Å². The average Bonchev–Trinajstić information content (AvgIpc) is 2.86. The van der Waals surface area contributed by atoms with Crippen LogP contribution in [0.25, 0.3) is 0 Å². The van der Waals surface area contributed by atoms with Gasteiger partial charge in [-0.1, -0.05) is 12.8 Å². The van der Waals surface area contributed by atoms with E-state index in [2.05, 4.69) is 5.32 Å². The summed E-state index contributed by atoms with van der Waals surface area (Å²) in [6.45, 7) is 0.422. The number of urea groups is 1. The van der Waals surface area contributed by atoms with Gasteiger partial charge in [-0.3, -0.25) is 4.79 Å². The summed E-state index contributed by atoms with van der Waals surface area (Å²) < 4.78 is 27.5. The highest BCUT2D eigenvalue weighted by Gasteiger charge is 2.39. The van der Waals surface area contributed by atoms with Crippen LogP contribution in [0.5, 0.6) is 0 Å². The molecule has 1 N–H and O–H groups in total. The average molecular weight is 318 g/mol. The second-order valence-electron chi connectivity index (χ2n) is 5.81. The summed E-state index contributed by atoms with van der Waals surface area (Å²) in [7, 11) is -1.67. The number of sulfone groups is 1. The Labute approximate surface area is 124 Å². The van der Waals surface area contributed by atoms with Crippen LogP contribution in [0.4, 0.5) is 4.79 Å². The van der Waals surface area contributed by atoms with E-state index >= 15 is 0 Å². The van der Waals surface area contributed by atoms with E-state index in [0.717, 1.165) is 25.7 Å². The van der Waals surface area contributed by atoms with Gasteiger partial charge in [0.2, 0.25) is 0 Å². The molecule has 0 unspecified atom stereocenters. The fourth-order valence-corrected chi connectivity index (χ4v) is 4.17. The number of carbonyl (C=O) groups excluding carboxylic acids is 2. The molecule has 1 saturated heterocycles. The Morgan fingerprint density at radius 1 is 1.19 bits per heavy atom. The van der Waals surface area contributed by atoms with E-state index in [1.165, 1.54) is 12.0 Å². The molecule has 1 aliphatic carbocycles. The highest BCUT2D eigenvalue weighted by molar-refractivity contribution is 7.91. The molecule has 0 atom stereocenters. The van der Waals surface area contributed by atoms with Crippen molar-refractivity contribution < 1.29 is 22.7 Å². The topological polar surface area (TPSA) is 92.8 Å². The molecular formula is C13H22N2O5S. The number of hydrogen-bond donors (Lipinski definition) is 1. The minimum Gasteiger partial charge on any atom is -0.469 e. The van der Waals surface area contributed by atoms with Gasteiger partial charge in [0.1, 0.15) is 0 Å². The molecule has 21 heavy (non-hydrogen) atoms. The first kappa shape index (κ1) is 16.1. The van der Waals surface area contributed by atoms with Gasteiger partial charge in [0.25, 0.3) is 0 Å². The number of esters is 1. The lowest BCUT2D eigenvalue weighted by molar-refractivity contribution is -0.142. The van der Waals surface area contributed by atoms with Crippen LogP contribution in [0.1, 0.15) is 32.1 Å². The van der Waals surface area contributed by atoms with Gasteiger partial charge in [0.15, 0.2) is 9.84 Å². The second-order valence-corrected chi connectivity index (χ2v) is 8.11. The van der Waals surface area contributed by atoms with Crippen molar-refractivity contribution in [1.29, 1.82) is 0 Å². The highest BCUT2D eigenvalue weighted by atomic mass is 32.2. The zero-order valence-electron chi connectivity index (χ0n) is 12.3. The molecule has 0 spiro atoms. The van der Waals surface area contributed by atoms with Gasteiger partial charge in [-0.05, 0) is 12.8 Å². The molecule has 1 aliphatic heterocycles. The summed E-state index contributed by atoms with van der Waals surface area (Å²) in [5.41, 5.74) is -0.541. The van der Waals surface area contributed by atoms with E-state index in [0.29, 0.717) is 0 Å². The van der Waals surface area contributed by atoms with E-state index in [-0.39, 0.29) is 43.0 Å². The molecule has 0 aromatic heterocycles. The van der Waals surface area contributed by atoms with Crippen LogP contribution >= 0.6 is 0 Å². The van der Waals surface area contributed by atoms with Gasteiger partial charge in [-0.15, -0.1) is 0 Å². The monoisotopic (exact) mass is 318 g/mol. The number of carbonyl (C=O) groups is 2. The molecule has 0 aromatic rings. The number of nitrogens with one attached hydrogen (secondary N) is 1. The molecule has 0 radical (unpaired) electrons. The number of amides is 2. The zero-order valence-corrected chi connectivity index (χ0v) is 13.1. The molecular weight excluding hydrogens is 296 g/mol. The van der Waals surface area contributed by atoms with E-state index < -0.39 is 15.4 Å². The van der Waals surface area contributed by atoms with Crippen LogP contribution in [0.3, 0.4) is 0 Å². The molecule has 0 bridgehead atoms. The molecule has 2 aliphatic rings. The van der Waals surface area contributed by atoms with Crippen molar-refractivity contribution in [2.45, 2.75) is 37.6 Å². The first-order valence-corrected chi connectivity index (χ1v) is 9.02. The maximum atomic E-state index is 12.3. The number of methoxy groups -OCH3 is 1. The van der Waals surface area contributed by atoms with Crippen molar-refractivity contribution in [1.82, 2.24) is 10.2 Å². The predicted molar refractivity (Wildman–Crippen MR) is 76.6 cm³/mol. The molecule has 1 heterocycles. The number of ether oxygens (including phenoxy) is 1. The largest absolute Gasteiger partial charge is 0.469 e. The van der Waals surface area contributed by atoms with Gasteiger partial charge >= 0.3 is 12.0 Å². The van der Waals surface area contributed by atoms with Crippen molar-refractivity contribution in [3.05, 3.63) is 0 Å². The summed E-state index contributed by atoms with van der Waals surface area (Å²) in [5, 5.41) is 2.95. The molecule has 7 nitrogen and oxygen atoms in total. The Morgan fingerprint density at radius 2 is 1.76 bits per heavy atom. The normalized spacial score (nSPS) is 23.6. The Hall–Kier alpha value is -1.31. The smallest absolute Gasteiger partial charge is 0.317 e. The summed E-state index contributed by atoms with van der Waals surface area (Å²) in [6.07, 6.45) is 3.60. The van der Waals surface area contributed by atoms with E-state index in [1.807, 2.05) is 0 Å². The number of rotatable bonds is 3. The molecule has 2 amide bonds. The molecule has 2 rings (SSSR count). The maximum absolute atomic E-state index is 12.3. The number of nitrogens with zero attached hydrogens (tertiary/aromatic N) is 1. The quantitative estimate of drug-likeness (QED) is 0.756. The van der Waals surface area contributed by atoms with Gasteiger partial charge in [0.05, 0.1) is 30.6 Å². The molecule has 0 aromatic carbocycles. The van der Waals surface area contributed by atoms with Crippen LogP contribution in [-0.2, 0) is 19.4 Å². The Kier molecular flexibility index (Phi) is 4.75. The zero-order chi connectivity index (χ0) is 15.5. The summed E-state index contributed by atoms with van der Waals surface area (Å²) in [4.78, 5) is 25.4. The maximum Gasteiger partial charge on any atom is 0.317 e. The molecule has 120 valence electrons. The summed E-state index contributed by atoms with van der Waals surface area (Å²) in [6, 6.07) is -0.282. The van der Waals surface area contributed by atoms with Gasteiger partial charge in [-0.2, -0.15) is 0 Å². The van der Waals surface area contributed by atoms with Crippen molar-refractivity contribution in [2.24, 2.45) is 0 Å². The minimum atomic E-state index is -3.01. The first-order valence-electron chi connectivity index (χ1n) is 7.20. The Bertz CT molecular complexity index is 497. The third kappa shape index (κ3) is 4.09. The lowest BCUT2D eigenvalue weighted by atomic mass is 9.93. The van der Waals surface area contributed by atoms with Gasteiger partial charge in [-0.25, -0.2) is 13.2 Å². The van der Waals surface area contributed by atoms with Crippen molar-refractivity contribution in [3.63, 3.8) is 0 Å². The SMILES string of the molecule is COC(=O)CC1(NC(=O)N2CCS(=O)(=O)CC2)CCCC1. The van der Waals surface area contributed by atoms with E-state index in [4.69, 9.17) is 4.74 Å². The Morgan fingerprint density at radius 3 is 2.29 bits per heavy atom. The number of hydrogen-bond acceptors (Lipinski definition) is 5. The Balaban J connectivity index is 1.97. The van der Waals surface area contributed by atoms with Crippen LogP contribution < -0.4 is 5.32 Å². The van der Waals surface area contributed by atoms with Crippen molar-refractivity contribution in [2.75, 3.05) is 31.7 Å². The third-order valence-corrected chi connectivity index (χ3v) is 5.88. The van der Waals surface area contributed by atoms with Crippen LogP contribution in [0.15, 0.2) is 0 Å².